The first-order valence-corrected chi connectivity index (χ1v) is 5.18. The summed E-state index contributed by atoms with van der Waals surface area (Å²) >= 11 is 0. The minimum absolute atomic E-state index is 0.00824. The molecule has 6 nitrogen and oxygen atoms in total. The fourth-order valence-corrected chi connectivity index (χ4v) is 2.28. The Bertz CT molecular complexity index is 628. The molecule has 0 aromatic heterocycles. The van der Waals surface area contributed by atoms with E-state index in [-0.39, 0.29) is 27.8 Å². The Hall–Kier alpha value is -2.50. The van der Waals surface area contributed by atoms with E-state index in [9.17, 15) is 19.2 Å². The Balaban J connectivity index is 2.98. The maximum absolute atomic E-state index is 11.7. The van der Waals surface area contributed by atoms with E-state index in [1.807, 2.05) is 0 Å². The molecule has 1 aliphatic heterocycles. The summed E-state index contributed by atoms with van der Waals surface area (Å²) < 4.78 is 0. The number of aldehydes is 1. The number of primary amides is 1. The molecule has 3 N–H and O–H groups in total. The summed E-state index contributed by atoms with van der Waals surface area (Å²) in [5.74, 6) is -1.93. The van der Waals surface area contributed by atoms with Gasteiger partial charge in [-0.15, -0.1) is 0 Å². The molecule has 1 aromatic rings. The van der Waals surface area contributed by atoms with Gasteiger partial charge in [-0.3, -0.25) is 24.5 Å². The van der Waals surface area contributed by atoms with Gasteiger partial charge in [-0.05, 0) is 25.0 Å². The van der Waals surface area contributed by atoms with Gasteiger partial charge in [-0.1, -0.05) is 0 Å². The van der Waals surface area contributed by atoms with Gasteiger partial charge in [0.05, 0.1) is 16.7 Å². The van der Waals surface area contributed by atoms with Gasteiger partial charge in [-0.2, -0.15) is 0 Å². The number of carbonyl (C=O) groups is 4. The number of amides is 3. The number of benzene rings is 1. The summed E-state index contributed by atoms with van der Waals surface area (Å²) in [7, 11) is 0. The normalized spacial score (nSPS) is 13.2. The second-order valence-corrected chi connectivity index (χ2v) is 4.05. The first kappa shape index (κ1) is 12.0. The van der Waals surface area contributed by atoms with Gasteiger partial charge in [-0.25, -0.2) is 0 Å². The van der Waals surface area contributed by atoms with Crippen LogP contribution in [0.5, 0.6) is 0 Å². The van der Waals surface area contributed by atoms with Crippen molar-refractivity contribution in [2.24, 2.45) is 5.73 Å². The molecule has 0 saturated heterocycles. The number of nitrogens with two attached hydrogens (primary N) is 1. The van der Waals surface area contributed by atoms with Gasteiger partial charge < -0.3 is 5.73 Å². The number of imide groups is 1. The Morgan fingerprint density at radius 3 is 2.06 bits per heavy atom. The lowest BCUT2D eigenvalue weighted by atomic mass is 9.89. The zero-order valence-electron chi connectivity index (χ0n) is 9.79. The fraction of sp³-hybridized carbons (Fsp3) is 0.167. The van der Waals surface area contributed by atoms with Crippen molar-refractivity contribution < 1.29 is 19.2 Å². The SMILES string of the molecule is Cc1c(C=O)c(C(N)=O)c(C)c2c1C(=O)NC2=O. The predicted molar refractivity (Wildman–Crippen MR) is 61.6 cm³/mol. The molecule has 0 radical (unpaired) electrons. The first-order chi connectivity index (χ1) is 8.40. The van der Waals surface area contributed by atoms with Crippen molar-refractivity contribution in [3.05, 3.63) is 33.4 Å². The number of nitrogens with one attached hydrogen (secondary N) is 1. The molecule has 92 valence electrons. The summed E-state index contributed by atoms with van der Waals surface area (Å²) in [6, 6.07) is 0. The lowest BCUT2D eigenvalue weighted by Crippen LogP contribution is -2.20. The van der Waals surface area contributed by atoms with Crippen LogP contribution >= 0.6 is 0 Å². The van der Waals surface area contributed by atoms with Gasteiger partial charge in [0.15, 0.2) is 6.29 Å². The van der Waals surface area contributed by atoms with Crippen LogP contribution in [0.25, 0.3) is 0 Å². The highest BCUT2D eigenvalue weighted by molar-refractivity contribution is 6.24. The summed E-state index contributed by atoms with van der Waals surface area (Å²) in [6.45, 7) is 3.00. The molecule has 3 amide bonds. The highest BCUT2D eigenvalue weighted by Crippen LogP contribution is 2.29. The topological polar surface area (TPSA) is 106 Å². The third-order valence-corrected chi connectivity index (χ3v) is 3.09. The molecule has 1 aromatic carbocycles. The molecule has 2 rings (SSSR count). The standard InChI is InChI=1S/C12H10N2O4/c1-4-6(3-15)7(10(13)16)5(2)9-8(4)11(17)14-12(9)18/h3H,1-2H3,(H2,13,16)(H,14,17,18). The van der Waals surface area contributed by atoms with E-state index >= 15 is 0 Å². The van der Waals surface area contributed by atoms with Crippen molar-refractivity contribution in [2.75, 3.05) is 0 Å². The molecule has 6 heteroatoms. The largest absolute Gasteiger partial charge is 0.366 e. The molecule has 1 aliphatic rings. The van der Waals surface area contributed by atoms with Crippen molar-refractivity contribution in [1.29, 1.82) is 0 Å². The van der Waals surface area contributed by atoms with E-state index in [4.69, 9.17) is 5.73 Å². The van der Waals surface area contributed by atoms with Crippen LogP contribution in [-0.2, 0) is 0 Å². The molecule has 0 spiro atoms. The number of hydrogen-bond acceptors (Lipinski definition) is 4. The molecular weight excluding hydrogens is 236 g/mol. The summed E-state index contributed by atoms with van der Waals surface area (Å²) in [5.41, 5.74) is 6.09. The zero-order valence-corrected chi connectivity index (χ0v) is 9.79. The van der Waals surface area contributed by atoms with Crippen LogP contribution in [0, 0.1) is 13.8 Å². The number of carbonyl (C=O) groups excluding carboxylic acids is 4. The number of fused-ring (bicyclic) bond motifs is 1. The van der Waals surface area contributed by atoms with Crippen LogP contribution < -0.4 is 11.1 Å². The van der Waals surface area contributed by atoms with Crippen molar-refractivity contribution in [1.82, 2.24) is 5.32 Å². The average Bonchev–Trinajstić information content (AvgIpc) is 2.58. The van der Waals surface area contributed by atoms with Crippen LogP contribution in [0.3, 0.4) is 0 Å². The molecule has 0 saturated carbocycles. The highest BCUT2D eigenvalue weighted by atomic mass is 16.2. The quantitative estimate of drug-likeness (QED) is 0.570. The average molecular weight is 246 g/mol. The summed E-state index contributed by atoms with van der Waals surface area (Å²) in [5, 5.41) is 2.14. The van der Waals surface area contributed by atoms with Gasteiger partial charge in [0, 0.05) is 5.56 Å². The molecule has 1 heterocycles. The first-order valence-electron chi connectivity index (χ1n) is 5.18. The summed E-state index contributed by atoms with van der Waals surface area (Å²) in [4.78, 5) is 45.7. The van der Waals surface area contributed by atoms with Gasteiger partial charge in [0.2, 0.25) is 5.91 Å². The van der Waals surface area contributed by atoms with Crippen LogP contribution in [0.4, 0.5) is 0 Å². The van der Waals surface area contributed by atoms with E-state index in [2.05, 4.69) is 5.32 Å². The van der Waals surface area contributed by atoms with Crippen molar-refractivity contribution >= 4 is 24.0 Å². The second-order valence-electron chi connectivity index (χ2n) is 4.05. The molecular formula is C12H10N2O4. The molecule has 0 unspecified atom stereocenters. The third kappa shape index (κ3) is 1.35. The predicted octanol–water partition coefficient (Wildman–Crippen LogP) is 0.0984. The fourth-order valence-electron chi connectivity index (χ4n) is 2.28. The lowest BCUT2D eigenvalue weighted by Gasteiger charge is -2.12. The maximum Gasteiger partial charge on any atom is 0.259 e. The van der Waals surface area contributed by atoms with Crippen molar-refractivity contribution in [3.63, 3.8) is 0 Å². The highest BCUT2D eigenvalue weighted by Gasteiger charge is 2.34. The number of hydrogen-bond donors (Lipinski definition) is 2. The van der Waals surface area contributed by atoms with E-state index < -0.39 is 17.7 Å². The van der Waals surface area contributed by atoms with Crippen LogP contribution in [-0.4, -0.2) is 24.0 Å². The van der Waals surface area contributed by atoms with E-state index in [1.54, 1.807) is 0 Å². The van der Waals surface area contributed by atoms with Crippen molar-refractivity contribution in [2.45, 2.75) is 13.8 Å². The van der Waals surface area contributed by atoms with Crippen molar-refractivity contribution in [3.8, 4) is 0 Å². The van der Waals surface area contributed by atoms with E-state index in [1.165, 1.54) is 13.8 Å². The molecule has 18 heavy (non-hydrogen) atoms. The van der Waals surface area contributed by atoms with E-state index in [0.29, 0.717) is 11.8 Å². The van der Waals surface area contributed by atoms with Crippen LogP contribution in [0.15, 0.2) is 0 Å². The zero-order chi connectivity index (χ0) is 13.6. The monoisotopic (exact) mass is 246 g/mol. The Kier molecular flexibility index (Phi) is 2.50. The van der Waals surface area contributed by atoms with Crippen LogP contribution in [0.2, 0.25) is 0 Å². The van der Waals surface area contributed by atoms with E-state index in [0.717, 1.165) is 0 Å². The molecule has 0 bridgehead atoms. The Morgan fingerprint density at radius 1 is 1.11 bits per heavy atom. The minimum atomic E-state index is -0.798. The van der Waals surface area contributed by atoms with Gasteiger partial charge in [0.25, 0.3) is 11.8 Å². The van der Waals surface area contributed by atoms with Gasteiger partial charge >= 0.3 is 0 Å². The lowest BCUT2D eigenvalue weighted by molar-refractivity contribution is 0.0878. The van der Waals surface area contributed by atoms with Crippen LogP contribution in [0.1, 0.15) is 52.6 Å². The smallest absolute Gasteiger partial charge is 0.259 e. The minimum Gasteiger partial charge on any atom is -0.366 e. The van der Waals surface area contributed by atoms with Gasteiger partial charge in [0.1, 0.15) is 0 Å². The molecule has 0 aliphatic carbocycles. The molecule has 0 atom stereocenters. The Morgan fingerprint density at radius 2 is 1.61 bits per heavy atom. The third-order valence-electron chi connectivity index (χ3n) is 3.09. The second kappa shape index (κ2) is 3.76. The maximum atomic E-state index is 11.7. The Labute approximate surface area is 102 Å². The summed E-state index contributed by atoms with van der Waals surface area (Å²) in [6.07, 6.45) is 0.471. The molecule has 0 fully saturated rings. The number of rotatable bonds is 2.